The average Bonchev–Trinajstić information content (AvgIpc) is 3.37. The first-order valence-corrected chi connectivity index (χ1v) is 9.95. The van der Waals surface area contributed by atoms with Crippen LogP contribution in [0.1, 0.15) is 30.9 Å². The molecule has 2 heterocycles. The molecule has 0 radical (unpaired) electrons. The maximum atomic E-state index is 4.38. The van der Waals surface area contributed by atoms with Crippen molar-refractivity contribution < 1.29 is 0 Å². The minimum Gasteiger partial charge on any atom is -0.356 e. The number of hydrogen-bond acceptors (Lipinski definition) is 3. The molecule has 6 nitrogen and oxygen atoms in total. The summed E-state index contributed by atoms with van der Waals surface area (Å²) in [5.74, 6) is 1.46. The first-order valence-electron chi connectivity index (χ1n) is 9.95. The number of likely N-dealkylation sites (tertiary alicyclic amines) is 1. The summed E-state index contributed by atoms with van der Waals surface area (Å²) in [6.45, 7) is 8.44. The zero-order valence-corrected chi connectivity index (χ0v) is 16.6. The molecular weight excluding hydrogens is 336 g/mol. The number of guanidine groups is 1. The van der Waals surface area contributed by atoms with Crippen LogP contribution in [-0.4, -0.2) is 53.9 Å². The Balaban J connectivity index is 1.47. The molecule has 6 heteroatoms. The molecule has 1 fully saturated rings. The van der Waals surface area contributed by atoms with E-state index in [1.54, 1.807) is 0 Å². The van der Waals surface area contributed by atoms with Gasteiger partial charge in [0.05, 0.1) is 6.54 Å². The van der Waals surface area contributed by atoms with Crippen LogP contribution in [0.4, 0.5) is 0 Å². The lowest BCUT2D eigenvalue weighted by molar-refractivity contribution is 0.287. The highest BCUT2D eigenvalue weighted by atomic mass is 15.3. The van der Waals surface area contributed by atoms with Crippen LogP contribution < -0.4 is 10.6 Å². The summed E-state index contributed by atoms with van der Waals surface area (Å²) in [5.41, 5.74) is 2.53. The molecule has 2 N–H and O–H groups in total. The molecule has 146 valence electrons. The second-order valence-electron chi connectivity index (χ2n) is 7.39. The van der Waals surface area contributed by atoms with Gasteiger partial charge in [0, 0.05) is 39.1 Å². The summed E-state index contributed by atoms with van der Waals surface area (Å²) >= 11 is 0. The Morgan fingerprint density at radius 3 is 2.63 bits per heavy atom. The molecule has 0 spiro atoms. The van der Waals surface area contributed by atoms with Gasteiger partial charge in [-0.25, -0.2) is 0 Å². The van der Waals surface area contributed by atoms with E-state index < -0.39 is 0 Å². The lowest BCUT2D eigenvalue weighted by Gasteiger charge is -2.21. The highest BCUT2D eigenvalue weighted by Crippen LogP contribution is 2.11. The Kier molecular flexibility index (Phi) is 7.27. The normalized spacial score (nSPS) is 16.4. The number of hydrogen-bond donors (Lipinski definition) is 2. The number of benzene rings is 1. The van der Waals surface area contributed by atoms with Gasteiger partial charge < -0.3 is 15.5 Å². The zero-order chi connectivity index (χ0) is 18.9. The SMILES string of the molecule is CN=C(NCc1ccccc1Cn1cccn1)NCC(C)CN1CCCC1. The monoisotopic (exact) mass is 368 g/mol. The molecular formula is C21H32N6. The van der Waals surface area contributed by atoms with Crippen molar-refractivity contribution in [3.8, 4) is 0 Å². The van der Waals surface area contributed by atoms with Crippen molar-refractivity contribution in [3.63, 3.8) is 0 Å². The topological polar surface area (TPSA) is 57.5 Å². The van der Waals surface area contributed by atoms with E-state index in [9.17, 15) is 0 Å². The van der Waals surface area contributed by atoms with E-state index in [4.69, 9.17) is 0 Å². The van der Waals surface area contributed by atoms with E-state index in [2.05, 4.69) is 56.8 Å². The molecule has 1 aromatic heterocycles. The Labute approximate surface area is 162 Å². The molecule has 27 heavy (non-hydrogen) atoms. The first kappa shape index (κ1) is 19.4. The molecule has 0 bridgehead atoms. The van der Waals surface area contributed by atoms with Gasteiger partial charge in [0.2, 0.25) is 0 Å². The van der Waals surface area contributed by atoms with E-state index in [-0.39, 0.29) is 0 Å². The molecule has 0 aliphatic carbocycles. The van der Waals surface area contributed by atoms with Crippen LogP contribution in [0.3, 0.4) is 0 Å². The lowest BCUT2D eigenvalue weighted by atomic mass is 10.1. The van der Waals surface area contributed by atoms with Gasteiger partial charge in [0.25, 0.3) is 0 Å². The molecule has 0 saturated carbocycles. The molecule has 1 atom stereocenters. The minimum atomic E-state index is 0.605. The predicted octanol–water partition coefficient (Wildman–Crippen LogP) is 2.33. The Morgan fingerprint density at radius 2 is 1.93 bits per heavy atom. The molecule has 1 aliphatic heterocycles. The van der Waals surface area contributed by atoms with Crippen LogP contribution in [0.5, 0.6) is 0 Å². The van der Waals surface area contributed by atoms with Crippen LogP contribution >= 0.6 is 0 Å². The maximum Gasteiger partial charge on any atom is 0.191 e. The molecule has 1 aromatic carbocycles. The Bertz CT molecular complexity index is 703. The highest BCUT2D eigenvalue weighted by Gasteiger charge is 2.14. The maximum absolute atomic E-state index is 4.38. The van der Waals surface area contributed by atoms with E-state index in [0.29, 0.717) is 5.92 Å². The summed E-state index contributed by atoms with van der Waals surface area (Å²) < 4.78 is 1.95. The van der Waals surface area contributed by atoms with Gasteiger partial charge in [0.1, 0.15) is 0 Å². The van der Waals surface area contributed by atoms with Crippen molar-refractivity contribution in [3.05, 3.63) is 53.9 Å². The minimum absolute atomic E-state index is 0.605. The predicted molar refractivity (Wildman–Crippen MR) is 111 cm³/mol. The first-order chi connectivity index (χ1) is 13.2. The third-order valence-electron chi connectivity index (χ3n) is 5.07. The summed E-state index contributed by atoms with van der Waals surface area (Å²) in [6, 6.07) is 10.4. The quantitative estimate of drug-likeness (QED) is 0.555. The van der Waals surface area contributed by atoms with Gasteiger partial charge in [-0.05, 0) is 49.0 Å². The van der Waals surface area contributed by atoms with E-state index in [0.717, 1.165) is 32.1 Å². The Morgan fingerprint density at radius 1 is 1.15 bits per heavy atom. The molecule has 3 rings (SSSR count). The molecule has 0 amide bonds. The molecule has 1 aliphatic rings. The fraction of sp³-hybridized carbons (Fsp3) is 0.524. The third-order valence-corrected chi connectivity index (χ3v) is 5.07. The van der Waals surface area contributed by atoms with Crippen LogP contribution in [0.25, 0.3) is 0 Å². The van der Waals surface area contributed by atoms with Crippen molar-refractivity contribution in [2.45, 2.75) is 32.9 Å². The lowest BCUT2D eigenvalue weighted by Crippen LogP contribution is -2.41. The number of nitrogens with one attached hydrogen (secondary N) is 2. The largest absolute Gasteiger partial charge is 0.356 e. The van der Waals surface area contributed by atoms with Crippen molar-refractivity contribution in [2.24, 2.45) is 10.9 Å². The molecule has 1 saturated heterocycles. The van der Waals surface area contributed by atoms with Gasteiger partial charge in [-0.1, -0.05) is 31.2 Å². The van der Waals surface area contributed by atoms with Crippen molar-refractivity contribution in [1.82, 2.24) is 25.3 Å². The van der Waals surface area contributed by atoms with Crippen LogP contribution in [-0.2, 0) is 13.1 Å². The van der Waals surface area contributed by atoms with Crippen molar-refractivity contribution in [1.29, 1.82) is 0 Å². The fourth-order valence-electron chi connectivity index (χ4n) is 3.59. The van der Waals surface area contributed by atoms with E-state index in [1.165, 1.54) is 37.1 Å². The second-order valence-corrected chi connectivity index (χ2v) is 7.39. The summed E-state index contributed by atoms with van der Waals surface area (Å²) in [5, 5.41) is 11.2. The smallest absolute Gasteiger partial charge is 0.191 e. The molecule has 1 unspecified atom stereocenters. The number of aromatic nitrogens is 2. The van der Waals surface area contributed by atoms with Crippen LogP contribution in [0.15, 0.2) is 47.7 Å². The van der Waals surface area contributed by atoms with Gasteiger partial charge in [-0.3, -0.25) is 9.67 Å². The Hall–Kier alpha value is -2.34. The summed E-state index contributed by atoms with van der Waals surface area (Å²) in [7, 11) is 1.83. The van der Waals surface area contributed by atoms with Crippen LogP contribution in [0.2, 0.25) is 0 Å². The van der Waals surface area contributed by atoms with Crippen LogP contribution in [0, 0.1) is 5.92 Å². The fourth-order valence-corrected chi connectivity index (χ4v) is 3.59. The van der Waals surface area contributed by atoms with Crippen molar-refractivity contribution in [2.75, 3.05) is 33.2 Å². The summed E-state index contributed by atoms with van der Waals surface area (Å²) in [4.78, 5) is 6.94. The number of aliphatic imine (C=N–C) groups is 1. The number of nitrogens with zero attached hydrogens (tertiary/aromatic N) is 4. The zero-order valence-electron chi connectivity index (χ0n) is 16.6. The van der Waals surface area contributed by atoms with Gasteiger partial charge >= 0.3 is 0 Å². The molecule has 2 aromatic rings. The average molecular weight is 369 g/mol. The van der Waals surface area contributed by atoms with E-state index >= 15 is 0 Å². The van der Waals surface area contributed by atoms with E-state index in [1.807, 2.05) is 30.2 Å². The standard InChI is InChI=1S/C21H32N6/c1-18(16-26-11-5-6-12-26)14-23-21(22-2)24-15-19-8-3-4-9-20(19)17-27-13-7-10-25-27/h3-4,7-10,13,18H,5-6,11-12,14-17H2,1-2H3,(H2,22,23,24). The number of rotatable bonds is 8. The second kappa shape index (κ2) is 10.1. The van der Waals surface area contributed by atoms with Gasteiger partial charge in [-0.15, -0.1) is 0 Å². The van der Waals surface area contributed by atoms with Crippen molar-refractivity contribution >= 4 is 5.96 Å². The summed E-state index contributed by atoms with van der Waals surface area (Å²) in [6.07, 6.45) is 6.50. The van der Waals surface area contributed by atoms with Gasteiger partial charge in [0.15, 0.2) is 5.96 Å². The highest BCUT2D eigenvalue weighted by molar-refractivity contribution is 5.79. The van der Waals surface area contributed by atoms with Gasteiger partial charge in [-0.2, -0.15) is 5.10 Å². The third kappa shape index (κ3) is 6.10.